The number of hydrazine groups is 1. The smallest absolute Gasteiger partial charge is 0.221 e. The van der Waals surface area contributed by atoms with Gasteiger partial charge in [0, 0.05) is 43.7 Å². The van der Waals surface area contributed by atoms with Gasteiger partial charge in [0.2, 0.25) is 5.91 Å². The number of aromatic nitrogens is 1. The van der Waals surface area contributed by atoms with Crippen molar-refractivity contribution < 1.29 is 9.53 Å². The predicted octanol–water partition coefficient (Wildman–Crippen LogP) is 1.82. The Morgan fingerprint density at radius 3 is 2.75 bits per heavy atom. The van der Waals surface area contributed by atoms with Crippen molar-refractivity contribution in [2.75, 3.05) is 41.5 Å². The Morgan fingerprint density at radius 1 is 1.29 bits per heavy atom. The maximum Gasteiger partial charge on any atom is 0.221 e. The highest BCUT2D eigenvalue weighted by Crippen LogP contribution is 2.24. The molecule has 0 saturated carbocycles. The molecule has 5 N–H and O–H groups in total. The SMILES string of the molecule is CC(=O)Nc1ccc(C)c(N(N)/C=C(\N)c2cncc(N3CCOCC3)c2)c1. The summed E-state index contributed by atoms with van der Waals surface area (Å²) in [5.41, 5.74) is 10.9. The minimum absolute atomic E-state index is 0.139. The summed E-state index contributed by atoms with van der Waals surface area (Å²) in [5.74, 6) is 6.09. The molecule has 8 nitrogen and oxygen atoms in total. The van der Waals surface area contributed by atoms with Crippen LogP contribution in [0.4, 0.5) is 17.1 Å². The van der Waals surface area contributed by atoms with Gasteiger partial charge < -0.3 is 20.7 Å². The Balaban J connectivity index is 1.82. The fourth-order valence-electron chi connectivity index (χ4n) is 3.04. The molecule has 0 unspecified atom stereocenters. The molecule has 8 heteroatoms. The third-order valence-electron chi connectivity index (χ3n) is 4.52. The topological polar surface area (TPSA) is 110 Å². The highest BCUT2D eigenvalue weighted by atomic mass is 16.5. The van der Waals surface area contributed by atoms with Crippen LogP contribution < -0.4 is 26.8 Å². The number of nitrogens with one attached hydrogen (secondary N) is 1. The molecule has 3 rings (SSSR count). The number of nitrogens with two attached hydrogens (primary N) is 2. The maximum atomic E-state index is 11.3. The maximum absolute atomic E-state index is 11.3. The average molecular weight is 382 g/mol. The zero-order chi connectivity index (χ0) is 20.1. The normalized spacial score (nSPS) is 14.7. The largest absolute Gasteiger partial charge is 0.397 e. The van der Waals surface area contributed by atoms with Gasteiger partial charge in [0.25, 0.3) is 0 Å². The molecule has 0 atom stereocenters. The van der Waals surface area contributed by atoms with E-state index in [2.05, 4.69) is 15.2 Å². The zero-order valence-electron chi connectivity index (χ0n) is 16.2. The number of hydrogen-bond donors (Lipinski definition) is 3. The molecule has 0 aliphatic carbocycles. The van der Waals surface area contributed by atoms with E-state index in [0.29, 0.717) is 24.6 Å². The number of nitrogens with zero attached hydrogens (tertiary/aromatic N) is 3. The molecule has 148 valence electrons. The number of aryl methyl sites for hydroxylation is 1. The number of pyridine rings is 1. The van der Waals surface area contributed by atoms with E-state index in [1.807, 2.05) is 37.4 Å². The van der Waals surface area contributed by atoms with E-state index >= 15 is 0 Å². The van der Waals surface area contributed by atoms with Crippen LogP contribution in [0.25, 0.3) is 5.70 Å². The van der Waals surface area contributed by atoms with Crippen molar-refractivity contribution in [3.63, 3.8) is 0 Å². The van der Waals surface area contributed by atoms with Crippen LogP contribution in [0.3, 0.4) is 0 Å². The molecule has 2 aromatic rings. The van der Waals surface area contributed by atoms with Gasteiger partial charge in [-0.1, -0.05) is 6.07 Å². The molecule has 0 bridgehead atoms. The first-order valence-electron chi connectivity index (χ1n) is 9.11. The molecular formula is C20H26N6O2. The molecule has 1 aromatic carbocycles. The molecule has 0 radical (unpaired) electrons. The van der Waals surface area contributed by atoms with Crippen molar-refractivity contribution in [1.29, 1.82) is 0 Å². The molecule has 1 aromatic heterocycles. The van der Waals surface area contributed by atoms with Gasteiger partial charge in [-0.3, -0.25) is 14.8 Å². The molecule has 28 heavy (non-hydrogen) atoms. The lowest BCUT2D eigenvalue weighted by Crippen LogP contribution is -2.36. The molecule has 1 saturated heterocycles. The van der Waals surface area contributed by atoms with E-state index in [9.17, 15) is 4.79 Å². The lowest BCUT2D eigenvalue weighted by molar-refractivity contribution is -0.114. The standard InChI is InChI=1S/C20H26N6O2/c1-14-3-4-17(24-15(2)27)10-20(14)26(22)13-19(21)16-9-18(12-23-11-16)25-5-7-28-8-6-25/h3-4,9-13H,5-8,21-22H2,1-2H3,(H,24,27)/b19-13-. The first-order valence-corrected chi connectivity index (χ1v) is 9.11. The number of hydrogen-bond acceptors (Lipinski definition) is 7. The molecular weight excluding hydrogens is 356 g/mol. The number of carbonyl (C=O) groups excluding carboxylic acids is 1. The summed E-state index contributed by atoms with van der Waals surface area (Å²) in [7, 11) is 0. The summed E-state index contributed by atoms with van der Waals surface area (Å²) in [6, 6.07) is 7.53. The number of amides is 1. The van der Waals surface area contributed by atoms with E-state index in [0.717, 1.165) is 35.6 Å². The number of rotatable bonds is 5. The van der Waals surface area contributed by atoms with Crippen molar-refractivity contribution in [3.05, 3.63) is 54.0 Å². The van der Waals surface area contributed by atoms with E-state index in [1.54, 1.807) is 12.4 Å². The van der Waals surface area contributed by atoms with Crippen LogP contribution in [0.1, 0.15) is 18.1 Å². The van der Waals surface area contributed by atoms with Crippen LogP contribution in [0.15, 0.2) is 42.9 Å². The third-order valence-corrected chi connectivity index (χ3v) is 4.52. The fraction of sp³-hybridized carbons (Fsp3) is 0.300. The number of anilines is 3. The highest BCUT2D eigenvalue weighted by Gasteiger charge is 2.13. The second kappa shape index (κ2) is 8.73. The van der Waals surface area contributed by atoms with Crippen molar-refractivity contribution >= 4 is 28.7 Å². The van der Waals surface area contributed by atoms with Gasteiger partial charge in [0.15, 0.2) is 0 Å². The molecule has 0 spiro atoms. The third kappa shape index (κ3) is 4.79. The summed E-state index contributed by atoms with van der Waals surface area (Å²) in [6.07, 6.45) is 5.19. The van der Waals surface area contributed by atoms with Gasteiger partial charge in [-0.25, -0.2) is 5.84 Å². The van der Waals surface area contributed by atoms with E-state index in [4.69, 9.17) is 16.3 Å². The lowest BCUT2D eigenvalue weighted by atomic mass is 10.1. The van der Waals surface area contributed by atoms with Crippen LogP contribution in [-0.4, -0.2) is 37.2 Å². The van der Waals surface area contributed by atoms with Crippen LogP contribution in [-0.2, 0) is 9.53 Å². The minimum Gasteiger partial charge on any atom is -0.397 e. The van der Waals surface area contributed by atoms with Crippen LogP contribution >= 0.6 is 0 Å². The molecule has 1 amide bonds. The van der Waals surface area contributed by atoms with Crippen molar-refractivity contribution in [1.82, 2.24) is 4.98 Å². The average Bonchev–Trinajstić information content (AvgIpc) is 2.69. The van der Waals surface area contributed by atoms with Gasteiger partial charge in [0.05, 0.1) is 36.5 Å². The quantitative estimate of drug-likeness (QED) is 0.534. The second-order valence-electron chi connectivity index (χ2n) is 6.71. The number of carbonyl (C=O) groups is 1. The van der Waals surface area contributed by atoms with Gasteiger partial charge in [-0.15, -0.1) is 0 Å². The Bertz CT molecular complexity index is 877. The van der Waals surface area contributed by atoms with E-state index < -0.39 is 0 Å². The number of morpholine rings is 1. The van der Waals surface area contributed by atoms with Crippen LogP contribution in [0.5, 0.6) is 0 Å². The van der Waals surface area contributed by atoms with Gasteiger partial charge in [0.1, 0.15) is 0 Å². The van der Waals surface area contributed by atoms with Gasteiger partial charge >= 0.3 is 0 Å². The summed E-state index contributed by atoms with van der Waals surface area (Å²) >= 11 is 0. The monoisotopic (exact) mass is 382 g/mol. The highest BCUT2D eigenvalue weighted by molar-refractivity contribution is 5.89. The van der Waals surface area contributed by atoms with Gasteiger partial charge in [-0.2, -0.15) is 0 Å². The molecule has 1 aliphatic heterocycles. The first-order chi connectivity index (χ1) is 13.4. The van der Waals surface area contributed by atoms with Crippen molar-refractivity contribution in [3.8, 4) is 0 Å². The second-order valence-corrected chi connectivity index (χ2v) is 6.71. The Labute approximate surface area is 164 Å². The van der Waals surface area contributed by atoms with Gasteiger partial charge in [-0.05, 0) is 30.7 Å². The Morgan fingerprint density at radius 2 is 2.04 bits per heavy atom. The van der Waals surface area contributed by atoms with E-state index in [1.165, 1.54) is 11.9 Å². The summed E-state index contributed by atoms with van der Waals surface area (Å²) in [4.78, 5) is 17.8. The zero-order valence-corrected chi connectivity index (χ0v) is 16.2. The summed E-state index contributed by atoms with van der Waals surface area (Å²) < 4.78 is 5.40. The minimum atomic E-state index is -0.139. The number of benzene rings is 1. The molecule has 2 heterocycles. The number of ether oxygens (including phenoxy) is 1. The molecule has 1 aliphatic rings. The van der Waals surface area contributed by atoms with Crippen LogP contribution in [0.2, 0.25) is 0 Å². The van der Waals surface area contributed by atoms with Crippen molar-refractivity contribution in [2.45, 2.75) is 13.8 Å². The molecule has 1 fully saturated rings. The van der Waals surface area contributed by atoms with Crippen molar-refractivity contribution in [2.24, 2.45) is 11.6 Å². The Kier molecular flexibility index (Phi) is 6.13. The van der Waals surface area contributed by atoms with Crippen LogP contribution in [0, 0.1) is 6.92 Å². The lowest BCUT2D eigenvalue weighted by Gasteiger charge is -2.28. The first kappa shape index (κ1) is 19.7. The summed E-state index contributed by atoms with van der Waals surface area (Å²) in [6.45, 7) is 6.47. The Hall–Kier alpha value is -3.10. The summed E-state index contributed by atoms with van der Waals surface area (Å²) in [5, 5.41) is 4.21. The predicted molar refractivity (Wildman–Crippen MR) is 112 cm³/mol. The fourth-order valence-corrected chi connectivity index (χ4v) is 3.04. The van der Waals surface area contributed by atoms with E-state index in [-0.39, 0.29) is 5.91 Å².